The molecule has 0 aliphatic carbocycles. The fourth-order valence-electron chi connectivity index (χ4n) is 0.987. The monoisotopic (exact) mass is 167 g/mol. The third kappa shape index (κ3) is 2.42. The summed E-state index contributed by atoms with van der Waals surface area (Å²) in [5.74, 6) is -0.431. The normalized spacial score (nSPS) is 12.5. The van der Waals surface area contributed by atoms with Crippen LogP contribution in [0.3, 0.4) is 0 Å². The minimum absolute atomic E-state index is 0.0754. The molecule has 0 amide bonds. The Balaban J connectivity index is 2.69. The van der Waals surface area contributed by atoms with E-state index in [1.807, 2.05) is 0 Å². The van der Waals surface area contributed by atoms with Crippen molar-refractivity contribution in [3.63, 3.8) is 0 Å². The van der Waals surface area contributed by atoms with Crippen molar-refractivity contribution < 1.29 is 9.18 Å². The van der Waals surface area contributed by atoms with E-state index in [1.165, 1.54) is 6.07 Å². The van der Waals surface area contributed by atoms with Gasteiger partial charge in [0.2, 0.25) is 0 Å². The van der Waals surface area contributed by atoms with E-state index in [0.717, 1.165) is 18.0 Å². The molecule has 1 unspecified atom stereocenters. The van der Waals surface area contributed by atoms with E-state index in [4.69, 9.17) is 0 Å². The zero-order valence-corrected chi connectivity index (χ0v) is 6.83. The molecule has 0 bridgehead atoms. The number of rotatable bonds is 3. The van der Waals surface area contributed by atoms with Gasteiger partial charge in [-0.1, -0.05) is 6.92 Å². The second-order valence-electron chi connectivity index (χ2n) is 2.83. The molecule has 1 aromatic rings. The van der Waals surface area contributed by atoms with Gasteiger partial charge in [0.05, 0.1) is 6.20 Å². The van der Waals surface area contributed by atoms with E-state index in [1.54, 1.807) is 13.1 Å². The summed E-state index contributed by atoms with van der Waals surface area (Å²) in [4.78, 5) is 14.0. The summed E-state index contributed by atoms with van der Waals surface area (Å²) in [6.45, 7) is 1.79. The van der Waals surface area contributed by atoms with E-state index in [9.17, 15) is 9.18 Å². The number of hydrogen-bond acceptors (Lipinski definition) is 2. The third-order valence-corrected chi connectivity index (χ3v) is 1.55. The second-order valence-corrected chi connectivity index (χ2v) is 2.83. The molecule has 0 aromatic carbocycles. The smallest absolute Gasteiger partial charge is 0.141 e. The minimum Gasteiger partial charge on any atom is -0.303 e. The maximum Gasteiger partial charge on any atom is 0.141 e. The molecule has 3 heteroatoms. The molecule has 0 N–H and O–H groups in total. The van der Waals surface area contributed by atoms with Crippen molar-refractivity contribution in [1.29, 1.82) is 0 Å². The summed E-state index contributed by atoms with van der Waals surface area (Å²) >= 11 is 0. The van der Waals surface area contributed by atoms with Crippen molar-refractivity contribution in [2.75, 3.05) is 0 Å². The second kappa shape index (κ2) is 3.95. The van der Waals surface area contributed by atoms with Gasteiger partial charge in [-0.2, -0.15) is 0 Å². The quantitative estimate of drug-likeness (QED) is 0.640. The predicted molar refractivity (Wildman–Crippen MR) is 43.1 cm³/mol. The van der Waals surface area contributed by atoms with Crippen LogP contribution in [0.4, 0.5) is 4.39 Å². The van der Waals surface area contributed by atoms with Gasteiger partial charge in [0, 0.05) is 12.1 Å². The molecule has 1 aromatic heterocycles. The lowest BCUT2D eigenvalue weighted by molar-refractivity contribution is -0.110. The van der Waals surface area contributed by atoms with E-state index < -0.39 is 0 Å². The summed E-state index contributed by atoms with van der Waals surface area (Å²) in [5, 5.41) is 0. The van der Waals surface area contributed by atoms with Gasteiger partial charge in [0.25, 0.3) is 0 Å². The number of nitrogens with zero attached hydrogens (tertiary/aromatic N) is 1. The zero-order valence-electron chi connectivity index (χ0n) is 6.83. The molecule has 0 radical (unpaired) electrons. The average molecular weight is 167 g/mol. The number of hydrogen-bond donors (Lipinski definition) is 0. The lowest BCUT2D eigenvalue weighted by atomic mass is 10.0. The van der Waals surface area contributed by atoms with Gasteiger partial charge < -0.3 is 4.79 Å². The maximum absolute atomic E-state index is 12.6. The summed E-state index contributed by atoms with van der Waals surface area (Å²) in [6.07, 6.45) is 4.12. The Morgan fingerprint density at radius 1 is 1.67 bits per heavy atom. The van der Waals surface area contributed by atoms with Gasteiger partial charge in [0.1, 0.15) is 12.1 Å². The van der Waals surface area contributed by atoms with Crippen molar-refractivity contribution in [3.05, 3.63) is 29.8 Å². The molecule has 0 spiro atoms. The fourth-order valence-corrected chi connectivity index (χ4v) is 0.987. The first-order valence-corrected chi connectivity index (χ1v) is 3.77. The molecular formula is C9H10FNO. The highest BCUT2D eigenvalue weighted by Crippen LogP contribution is 2.06. The Morgan fingerprint density at radius 3 is 3.00 bits per heavy atom. The van der Waals surface area contributed by atoms with Crippen LogP contribution in [0.5, 0.6) is 0 Å². The maximum atomic E-state index is 12.6. The average Bonchev–Trinajstić information content (AvgIpc) is 2.04. The number of halogens is 1. The Hall–Kier alpha value is -1.25. The van der Waals surface area contributed by atoms with Crippen molar-refractivity contribution in [1.82, 2.24) is 4.98 Å². The lowest BCUT2D eigenvalue weighted by Gasteiger charge is -2.01. The molecule has 0 aliphatic rings. The van der Waals surface area contributed by atoms with Gasteiger partial charge in [-0.25, -0.2) is 4.39 Å². The molecule has 2 nitrogen and oxygen atoms in total. The van der Waals surface area contributed by atoms with Gasteiger partial charge in [0.15, 0.2) is 0 Å². The van der Waals surface area contributed by atoms with Gasteiger partial charge >= 0.3 is 0 Å². The molecule has 12 heavy (non-hydrogen) atoms. The number of carbonyl (C=O) groups is 1. The van der Waals surface area contributed by atoms with Crippen LogP contribution in [0.15, 0.2) is 18.5 Å². The molecule has 1 heterocycles. The summed E-state index contributed by atoms with van der Waals surface area (Å²) in [5.41, 5.74) is 0.759. The van der Waals surface area contributed by atoms with Gasteiger partial charge in [-0.3, -0.25) is 4.98 Å². The molecule has 0 fully saturated rings. The Bertz CT molecular complexity index is 275. The molecule has 0 saturated carbocycles. The van der Waals surface area contributed by atoms with Crippen LogP contribution in [0, 0.1) is 11.7 Å². The van der Waals surface area contributed by atoms with Crippen LogP contribution in [-0.2, 0) is 11.2 Å². The van der Waals surface area contributed by atoms with E-state index in [-0.39, 0.29) is 11.7 Å². The van der Waals surface area contributed by atoms with Gasteiger partial charge in [-0.15, -0.1) is 0 Å². The van der Waals surface area contributed by atoms with E-state index in [2.05, 4.69) is 4.98 Å². The summed E-state index contributed by atoms with van der Waals surface area (Å²) in [7, 11) is 0. The Labute approximate surface area is 70.4 Å². The van der Waals surface area contributed by atoms with Crippen molar-refractivity contribution in [2.45, 2.75) is 13.3 Å². The standard InChI is InChI=1S/C9H10FNO/c1-7(6-12)2-8-3-9(10)5-11-4-8/h3-7H,2H2,1H3. The number of carbonyl (C=O) groups excluding carboxylic acids is 1. The Morgan fingerprint density at radius 2 is 2.42 bits per heavy atom. The first-order valence-electron chi connectivity index (χ1n) is 3.77. The molecule has 1 atom stereocenters. The van der Waals surface area contributed by atoms with Crippen LogP contribution < -0.4 is 0 Å². The Kier molecular flexibility index (Phi) is 2.91. The first-order chi connectivity index (χ1) is 5.72. The largest absolute Gasteiger partial charge is 0.303 e. The van der Waals surface area contributed by atoms with Crippen molar-refractivity contribution in [3.8, 4) is 0 Å². The highest BCUT2D eigenvalue weighted by atomic mass is 19.1. The van der Waals surface area contributed by atoms with Crippen LogP contribution in [0.1, 0.15) is 12.5 Å². The molecule has 1 rings (SSSR count). The molecule has 0 saturated heterocycles. The highest BCUT2D eigenvalue weighted by Gasteiger charge is 2.02. The fraction of sp³-hybridized carbons (Fsp3) is 0.333. The van der Waals surface area contributed by atoms with Crippen molar-refractivity contribution in [2.24, 2.45) is 5.92 Å². The number of aldehydes is 1. The van der Waals surface area contributed by atoms with Crippen LogP contribution in [-0.4, -0.2) is 11.3 Å². The van der Waals surface area contributed by atoms with Gasteiger partial charge in [-0.05, 0) is 18.1 Å². The van der Waals surface area contributed by atoms with E-state index >= 15 is 0 Å². The number of aromatic nitrogens is 1. The topological polar surface area (TPSA) is 30.0 Å². The molecular weight excluding hydrogens is 157 g/mol. The summed E-state index contributed by atoms with van der Waals surface area (Å²) in [6, 6.07) is 1.40. The highest BCUT2D eigenvalue weighted by molar-refractivity contribution is 5.53. The molecule has 64 valence electrons. The van der Waals surface area contributed by atoms with Crippen molar-refractivity contribution >= 4 is 6.29 Å². The van der Waals surface area contributed by atoms with Crippen LogP contribution in [0.25, 0.3) is 0 Å². The minimum atomic E-state index is -0.356. The predicted octanol–water partition coefficient (Wildman–Crippen LogP) is 1.60. The third-order valence-electron chi connectivity index (χ3n) is 1.55. The first kappa shape index (κ1) is 8.84. The molecule has 0 aliphatic heterocycles. The van der Waals surface area contributed by atoms with Crippen LogP contribution >= 0.6 is 0 Å². The summed E-state index contributed by atoms with van der Waals surface area (Å²) < 4.78 is 12.6. The zero-order chi connectivity index (χ0) is 8.97. The van der Waals surface area contributed by atoms with E-state index in [0.29, 0.717) is 6.42 Å². The van der Waals surface area contributed by atoms with Crippen LogP contribution in [0.2, 0.25) is 0 Å². The number of pyridine rings is 1. The lowest BCUT2D eigenvalue weighted by Crippen LogP contribution is -2.01. The SMILES string of the molecule is CC(C=O)Cc1cncc(F)c1.